The van der Waals surface area contributed by atoms with Crippen molar-refractivity contribution in [1.82, 2.24) is 10.2 Å². The summed E-state index contributed by atoms with van der Waals surface area (Å²) in [5.41, 5.74) is 0. The van der Waals surface area contributed by atoms with E-state index in [1.807, 2.05) is 4.90 Å². The maximum absolute atomic E-state index is 11.5. The Morgan fingerprint density at radius 1 is 1.77 bits per heavy atom. The zero-order chi connectivity index (χ0) is 9.68. The second-order valence-electron chi connectivity index (χ2n) is 3.65. The van der Waals surface area contributed by atoms with E-state index in [9.17, 15) is 4.79 Å². The van der Waals surface area contributed by atoms with Gasteiger partial charge in [0.05, 0.1) is 6.54 Å². The summed E-state index contributed by atoms with van der Waals surface area (Å²) in [5, 5.41) is 3.02. The second kappa shape index (κ2) is 5.02. The predicted molar refractivity (Wildman–Crippen MR) is 53.4 cm³/mol. The van der Waals surface area contributed by atoms with E-state index in [-0.39, 0.29) is 5.91 Å². The first-order valence-electron chi connectivity index (χ1n) is 4.83. The SMILES string of the molecule is C=CCNCC(=O)N1CCC(C)C1. The molecule has 0 aliphatic carbocycles. The van der Waals surface area contributed by atoms with Gasteiger partial charge < -0.3 is 10.2 Å². The van der Waals surface area contributed by atoms with Crippen LogP contribution in [0.3, 0.4) is 0 Å². The molecule has 74 valence electrons. The fourth-order valence-electron chi connectivity index (χ4n) is 1.55. The summed E-state index contributed by atoms with van der Waals surface area (Å²) in [6.45, 7) is 8.76. The maximum atomic E-state index is 11.5. The topological polar surface area (TPSA) is 32.3 Å². The van der Waals surface area contributed by atoms with E-state index in [0.717, 1.165) is 19.5 Å². The molecule has 0 aromatic heterocycles. The van der Waals surface area contributed by atoms with E-state index in [2.05, 4.69) is 18.8 Å². The molecule has 0 spiro atoms. The Balaban J connectivity index is 2.19. The van der Waals surface area contributed by atoms with Crippen LogP contribution in [0.25, 0.3) is 0 Å². The lowest BCUT2D eigenvalue weighted by atomic mass is 10.2. The summed E-state index contributed by atoms with van der Waals surface area (Å²) in [7, 11) is 0. The predicted octanol–water partition coefficient (Wildman–Crippen LogP) is 0.630. The molecule has 1 heterocycles. The third kappa shape index (κ3) is 3.19. The molecule has 13 heavy (non-hydrogen) atoms. The molecular weight excluding hydrogens is 164 g/mol. The minimum absolute atomic E-state index is 0.214. The first-order chi connectivity index (χ1) is 6.24. The van der Waals surface area contributed by atoms with Crippen LogP contribution in [0.2, 0.25) is 0 Å². The van der Waals surface area contributed by atoms with Crippen LogP contribution in [0.1, 0.15) is 13.3 Å². The molecule has 0 aromatic rings. The number of hydrogen-bond donors (Lipinski definition) is 1. The summed E-state index contributed by atoms with van der Waals surface area (Å²) in [5.74, 6) is 0.884. The van der Waals surface area contributed by atoms with Gasteiger partial charge in [-0.25, -0.2) is 0 Å². The quantitative estimate of drug-likeness (QED) is 0.511. The zero-order valence-corrected chi connectivity index (χ0v) is 8.25. The van der Waals surface area contributed by atoms with E-state index in [1.165, 1.54) is 0 Å². The Labute approximate surface area is 79.8 Å². The molecule has 0 aromatic carbocycles. The molecule has 3 nitrogen and oxygen atoms in total. The van der Waals surface area contributed by atoms with Crippen LogP contribution in [-0.4, -0.2) is 37.0 Å². The van der Waals surface area contributed by atoms with Gasteiger partial charge in [-0.1, -0.05) is 13.0 Å². The molecular formula is C10H18N2O. The third-order valence-electron chi connectivity index (χ3n) is 2.34. The summed E-state index contributed by atoms with van der Waals surface area (Å²) in [6.07, 6.45) is 2.91. The van der Waals surface area contributed by atoms with E-state index in [4.69, 9.17) is 0 Å². The van der Waals surface area contributed by atoms with Gasteiger partial charge in [0.25, 0.3) is 0 Å². The van der Waals surface area contributed by atoms with Crippen LogP contribution in [0.15, 0.2) is 12.7 Å². The number of rotatable bonds is 4. The molecule has 1 aliphatic rings. The van der Waals surface area contributed by atoms with Crippen molar-refractivity contribution < 1.29 is 4.79 Å². The van der Waals surface area contributed by atoms with Gasteiger partial charge in [0.2, 0.25) is 5.91 Å². The first-order valence-corrected chi connectivity index (χ1v) is 4.83. The van der Waals surface area contributed by atoms with Crippen molar-refractivity contribution in [3.8, 4) is 0 Å². The van der Waals surface area contributed by atoms with Gasteiger partial charge in [0.15, 0.2) is 0 Å². The Bertz CT molecular complexity index is 191. The molecule has 1 rings (SSSR count). The highest BCUT2D eigenvalue weighted by molar-refractivity contribution is 5.78. The number of carbonyl (C=O) groups excluding carboxylic acids is 1. The Morgan fingerprint density at radius 3 is 3.08 bits per heavy atom. The molecule has 1 atom stereocenters. The fourth-order valence-corrected chi connectivity index (χ4v) is 1.55. The van der Waals surface area contributed by atoms with Gasteiger partial charge >= 0.3 is 0 Å². The molecule has 0 bridgehead atoms. The van der Waals surface area contributed by atoms with Crippen molar-refractivity contribution in [3.05, 3.63) is 12.7 Å². The lowest BCUT2D eigenvalue weighted by molar-refractivity contribution is -0.129. The number of nitrogens with zero attached hydrogens (tertiary/aromatic N) is 1. The van der Waals surface area contributed by atoms with Gasteiger partial charge in [-0.05, 0) is 12.3 Å². The normalized spacial score (nSPS) is 21.9. The molecule has 3 heteroatoms. The van der Waals surface area contributed by atoms with Crippen LogP contribution in [0, 0.1) is 5.92 Å². The second-order valence-corrected chi connectivity index (χ2v) is 3.65. The van der Waals surface area contributed by atoms with E-state index >= 15 is 0 Å². The average Bonchev–Trinajstić information content (AvgIpc) is 2.52. The van der Waals surface area contributed by atoms with Gasteiger partial charge in [-0.3, -0.25) is 4.79 Å². The maximum Gasteiger partial charge on any atom is 0.236 e. The van der Waals surface area contributed by atoms with Crippen LogP contribution in [0.4, 0.5) is 0 Å². The Morgan fingerprint density at radius 2 is 2.54 bits per heavy atom. The summed E-state index contributed by atoms with van der Waals surface area (Å²) < 4.78 is 0. The van der Waals surface area contributed by atoms with E-state index in [1.54, 1.807) is 6.08 Å². The summed E-state index contributed by atoms with van der Waals surface area (Å²) >= 11 is 0. The highest BCUT2D eigenvalue weighted by Gasteiger charge is 2.22. The molecule has 1 aliphatic heterocycles. The number of nitrogens with one attached hydrogen (secondary N) is 1. The summed E-state index contributed by atoms with van der Waals surface area (Å²) in [6, 6.07) is 0. The zero-order valence-electron chi connectivity index (χ0n) is 8.25. The highest BCUT2D eigenvalue weighted by Crippen LogP contribution is 2.14. The third-order valence-corrected chi connectivity index (χ3v) is 2.34. The first kappa shape index (κ1) is 10.3. The molecule has 0 radical (unpaired) electrons. The van der Waals surface area contributed by atoms with E-state index < -0.39 is 0 Å². The standard InChI is InChI=1S/C10H18N2O/c1-3-5-11-7-10(13)12-6-4-9(2)8-12/h3,9,11H,1,4-8H2,2H3. The average molecular weight is 182 g/mol. The van der Waals surface area contributed by atoms with Crippen molar-refractivity contribution in [2.45, 2.75) is 13.3 Å². The summed E-state index contributed by atoms with van der Waals surface area (Å²) in [4.78, 5) is 13.4. The van der Waals surface area contributed by atoms with Crippen LogP contribution in [-0.2, 0) is 4.79 Å². The highest BCUT2D eigenvalue weighted by atomic mass is 16.2. The minimum atomic E-state index is 0.214. The number of likely N-dealkylation sites (tertiary alicyclic amines) is 1. The van der Waals surface area contributed by atoms with Crippen molar-refractivity contribution >= 4 is 5.91 Å². The fraction of sp³-hybridized carbons (Fsp3) is 0.700. The van der Waals surface area contributed by atoms with Crippen molar-refractivity contribution in [1.29, 1.82) is 0 Å². The van der Waals surface area contributed by atoms with Crippen molar-refractivity contribution in [2.24, 2.45) is 5.92 Å². The van der Waals surface area contributed by atoms with Crippen LogP contribution in [0.5, 0.6) is 0 Å². The van der Waals surface area contributed by atoms with Gasteiger partial charge in [-0.15, -0.1) is 6.58 Å². The van der Waals surface area contributed by atoms with E-state index in [0.29, 0.717) is 19.0 Å². The van der Waals surface area contributed by atoms with Crippen molar-refractivity contribution in [2.75, 3.05) is 26.2 Å². The van der Waals surface area contributed by atoms with Crippen LogP contribution < -0.4 is 5.32 Å². The largest absolute Gasteiger partial charge is 0.341 e. The molecule has 0 saturated carbocycles. The van der Waals surface area contributed by atoms with Crippen LogP contribution >= 0.6 is 0 Å². The lowest BCUT2D eigenvalue weighted by Crippen LogP contribution is -2.36. The molecule has 1 saturated heterocycles. The Hall–Kier alpha value is -0.830. The molecule has 1 fully saturated rings. The molecule has 1 unspecified atom stereocenters. The smallest absolute Gasteiger partial charge is 0.236 e. The lowest BCUT2D eigenvalue weighted by Gasteiger charge is -2.15. The number of amides is 1. The minimum Gasteiger partial charge on any atom is -0.341 e. The number of carbonyl (C=O) groups is 1. The van der Waals surface area contributed by atoms with Gasteiger partial charge in [0, 0.05) is 19.6 Å². The number of hydrogen-bond acceptors (Lipinski definition) is 2. The van der Waals surface area contributed by atoms with Crippen molar-refractivity contribution in [3.63, 3.8) is 0 Å². The van der Waals surface area contributed by atoms with Gasteiger partial charge in [-0.2, -0.15) is 0 Å². The molecule has 1 N–H and O–H groups in total. The Kier molecular flexibility index (Phi) is 3.96. The van der Waals surface area contributed by atoms with Gasteiger partial charge in [0.1, 0.15) is 0 Å². The monoisotopic (exact) mass is 182 g/mol. The molecule has 1 amide bonds.